The van der Waals surface area contributed by atoms with Gasteiger partial charge < -0.3 is 15.4 Å². The molecule has 40 heavy (non-hydrogen) atoms. The van der Waals surface area contributed by atoms with Crippen LogP contribution in [0.5, 0.6) is 5.75 Å². The molecule has 2 aliphatic rings. The molecule has 2 aromatic carbocycles. The summed E-state index contributed by atoms with van der Waals surface area (Å²) >= 11 is 6.40. The van der Waals surface area contributed by atoms with Crippen molar-refractivity contribution in [3.05, 3.63) is 75.4 Å². The quantitative estimate of drug-likeness (QED) is 0.230. The zero-order valence-corrected chi connectivity index (χ0v) is 24.6. The minimum Gasteiger partial charge on any atom is -0.490 e. The van der Waals surface area contributed by atoms with Crippen molar-refractivity contribution in [2.24, 2.45) is 5.92 Å². The molecule has 2 N–H and O–H groups in total. The van der Waals surface area contributed by atoms with E-state index in [-0.39, 0.29) is 35.5 Å². The Kier molecular flexibility index (Phi) is 10.4. The second kappa shape index (κ2) is 14.0. The van der Waals surface area contributed by atoms with Crippen LogP contribution in [0.15, 0.2) is 53.7 Å². The average molecular weight is 565 g/mol. The third kappa shape index (κ3) is 7.97. The zero-order valence-electron chi connectivity index (χ0n) is 23.9. The molecule has 2 aromatic rings. The Hall–Kier alpha value is -3.12. The first-order valence-electron chi connectivity index (χ1n) is 14.5. The maximum absolute atomic E-state index is 13.1. The molecule has 4 rings (SSSR count). The maximum Gasteiger partial charge on any atom is 0.223 e. The standard InChI is InChI=1S/C33H41ClN2O4/c1-21-17-31(38)28(23(3)36-21)11-7-8-12-30(37)29-18-26(34)19-32(22(29)2)40-27-15-13-25(14-16-27)33(39)35-20-24-9-5-4-6-10-24/h4-6,9-10,18-19,21,25,27,36H,7-8,11-17,20H2,1-3H3,(H,35,39). The van der Waals surface area contributed by atoms with Crippen LogP contribution in [0.3, 0.4) is 0 Å². The Balaban J connectivity index is 1.26. The molecule has 0 saturated heterocycles. The van der Waals surface area contributed by atoms with Crippen molar-refractivity contribution >= 4 is 29.1 Å². The number of carbonyl (C=O) groups is 3. The van der Waals surface area contributed by atoms with E-state index in [0.29, 0.717) is 48.6 Å². The van der Waals surface area contributed by atoms with Gasteiger partial charge in [0.05, 0.1) is 6.10 Å². The zero-order chi connectivity index (χ0) is 28.6. The first-order valence-corrected chi connectivity index (χ1v) is 14.9. The summed E-state index contributed by atoms with van der Waals surface area (Å²) in [4.78, 5) is 38.2. The van der Waals surface area contributed by atoms with Gasteiger partial charge in [0.1, 0.15) is 5.75 Å². The third-order valence-corrected chi connectivity index (χ3v) is 8.32. The van der Waals surface area contributed by atoms with E-state index >= 15 is 0 Å². The van der Waals surface area contributed by atoms with Crippen LogP contribution in [0.25, 0.3) is 0 Å². The fourth-order valence-corrected chi connectivity index (χ4v) is 5.99. The molecule has 1 amide bonds. The first kappa shape index (κ1) is 29.9. The second-order valence-corrected chi connectivity index (χ2v) is 11.7. The molecule has 1 aliphatic heterocycles. The Morgan fingerprint density at radius 2 is 1.77 bits per heavy atom. The van der Waals surface area contributed by atoms with Crippen LogP contribution >= 0.6 is 11.6 Å². The molecule has 0 aromatic heterocycles. The van der Waals surface area contributed by atoms with Crippen molar-refractivity contribution in [3.63, 3.8) is 0 Å². The smallest absolute Gasteiger partial charge is 0.223 e. The number of ether oxygens (including phenoxy) is 1. The molecular weight excluding hydrogens is 524 g/mol. The molecule has 1 unspecified atom stereocenters. The van der Waals surface area contributed by atoms with E-state index in [4.69, 9.17) is 16.3 Å². The summed E-state index contributed by atoms with van der Waals surface area (Å²) in [5.41, 5.74) is 4.31. The monoisotopic (exact) mass is 564 g/mol. The highest BCUT2D eigenvalue weighted by molar-refractivity contribution is 6.31. The number of halogens is 1. The fraction of sp³-hybridized carbons (Fsp3) is 0.485. The topological polar surface area (TPSA) is 84.5 Å². The van der Waals surface area contributed by atoms with Crippen LogP contribution in [-0.2, 0) is 16.1 Å². The SMILES string of the molecule is CC1=C(CCCCC(=O)c2cc(Cl)cc(OC3CCC(C(=O)NCc4ccccc4)CC3)c2C)C(=O)CC(C)N1. The average Bonchev–Trinajstić information content (AvgIpc) is 2.93. The molecule has 1 fully saturated rings. The summed E-state index contributed by atoms with van der Waals surface area (Å²) < 4.78 is 6.33. The summed E-state index contributed by atoms with van der Waals surface area (Å²) in [6.07, 6.45) is 6.18. The van der Waals surface area contributed by atoms with Crippen LogP contribution in [0.4, 0.5) is 0 Å². The lowest BCUT2D eigenvalue weighted by Crippen LogP contribution is -2.35. The van der Waals surface area contributed by atoms with Gasteiger partial charge in [0.15, 0.2) is 11.6 Å². The van der Waals surface area contributed by atoms with Crippen molar-refractivity contribution in [3.8, 4) is 5.75 Å². The van der Waals surface area contributed by atoms with E-state index in [0.717, 1.165) is 54.5 Å². The Morgan fingerprint density at radius 1 is 1.05 bits per heavy atom. The summed E-state index contributed by atoms with van der Waals surface area (Å²) in [5, 5.41) is 6.89. The summed E-state index contributed by atoms with van der Waals surface area (Å²) in [5.74, 6) is 0.977. The van der Waals surface area contributed by atoms with Gasteiger partial charge >= 0.3 is 0 Å². The highest BCUT2D eigenvalue weighted by Crippen LogP contribution is 2.33. The summed E-state index contributed by atoms with van der Waals surface area (Å²) in [7, 11) is 0. The lowest BCUT2D eigenvalue weighted by Gasteiger charge is -2.29. The minimum atomic E-state index is -0.0147. The van der Waals surface area contributed by atoms with E-state index in [1.807, 2.05) is 51.1 Å². The largest absolute Gasteiger partial charge is 0.490 e. The van der Waals surface area contributed by atoms with Crippen molar-refractivity contribution < 1.29 is 19.1 Å². The molecule has 0 radical (unpaired) electrons. The number of nitrogens with one attached hydrogen (secondary N) is 2. The number of benzene rings is 2. The summed E-state index contributed by atoms with van der Waals surface area (Å²) in [6, 6.07) is 13.6. The van der Waals surface area contributed by atoms with E-state index in [1.54, 1.807) is 12.1 Å². The fourth-order valence-electron chi connectivity index (χ4n) is 5.78. The maximum atomic E-state index is 13.1. The number of hydrogen-bond acceptors (Lipinski definition) is 5. The number of rotatable bonds is 11. The molecule has 1 atom stereocenters. The molecule has 1 saturated carbocycles. The van der Waals surface area contributed by atoms with Gasteiger partial charge in [-0.25, -0.2) is 0 Å². The van der Waals surface area contributed by atoms with Crippen LogP contribution in [-0.4, -0.2) is 29.6 Å². The van der Waals surface area contributed by atoms with Crippen LogP contribution in [0.2, 0.25) is 5.02 Å². The van der Waals surface area contributed by atoms with Gasteiger partial charge in [-0.05, 0) is 83.4 Å². The lowest BCUT2D eigenvalue weighted by molar-refractivity contribution is -0.126. The molecule has 214 valence electrons. The molecule has 7 heteroatoms. The van der Waals surface area contributed by atoms with Gasteiger partial charge in [0.2, 0.25) is 5.91 Å². The third-order valence-electron chi connectivity index (χ3n) is 8.10. The second-order valence-electron chi connectivity index (χ2n) is 11.3. The van der Waals surface area contributed by atoms with Gasteiger partial charge in [0, 0.05) is 58.8 Å². The molecular formula is C33H41ClN2O4. The van der Waals surface area contributed by atoms with Gasteiger partial charge in [-0.3, -0.25) is 14.4 Å². The number of Topliss-reactive ketones (excluding diaryl/α,β-unsaturated/α-hetero) is 2. The summed E-state index contributed by atoms with van der Waals surface area (Å²) in [6.45, 7) is 6.42. The molecule has 0 spiro atoms. The highest BCUT2D eigenvalue weighted by Gasteiger charge is 2.28. The lowest BCUT2D eigenvalue weighted by atomic mass is 9.86. The number of carbonyl (C=O) groups excluding carboxylic acids is 3. The van der Waals surface area contributed by atoms with Gasteiger partial charge in [-0.1, -0.05) is 41.9 Å². The Labute approximate surface area is 242 Å². The van der Waals surface area contributed by atoms with Crippen LogP contribution < -0.4 is 15.4 Å². The predicted octanol–water partition coefficient (Wildman–Crippen LogP) is 6.87. The van der Waals surface area contributed by atoms with Crippen molar-refractivity contribution in [2.75, 3.05) is 0 Å². The number of hydrogen-bond donors (Lipinski definition) is 2. The number of unbranched alkanes of at least 4 members (excludes halogenated alkanes) is 1. The molecule has 6 nitrogen and oxygen atoms in total. The van der Waals surface area contributed by atoms with Gasteiger partial charge in [-0.15, -0.1) is 0 Å². The van der Waals surface area contributed by atoms with E-state index < -0.39 is 0 Å². The van der Waals surface area contributed by atoms with Gasteiger partial charge in [-0.2, -0.15) is 0 Å². The Morgan fingerprint density at radius 3 is 2.48 bits per heavy atom. The molecule has 0 bridgehead atoms. The van der Waals surface area contributed by atoms with Crippen molar-refractivity contribution in [1.29, 1.82) is 0 Å². The van der Waals surface area contributed by atoms with E-state index in [2.05, 4.69) is 10.6 Å². The van der Waals surface area contributed by atoms with Crippen molar-refractivity contribution in [2.45, 2.75) is 97.2 Å². The number of ketones is 2. The van der Waals surface area contributed by atoms with E-state index in [1.165, 1.54) is 0 Å². The Bertz CT molecular complexity index is 1250. The highest BCUT2D eigenvalue weighted by atomic mass is 35.5. The minimum absolute atomic E-state index is 0.0104. The predicted molar refractivity (Wildman–Crippen MR) is 159 cm³/mol. The van der Waals surface area contributed by atoms with E-state index in [9.17, 15) is 14.4 Å². The molecule has 1 heterocycles. The van der Waals surface area contributed by atoms with Crippen molar-refractivity contribution in [1.82, 2.24) is 10.6 Å². The number of allylic oxidation sites excluding steroid dienone is 2. The number of amides is 1. The first-order chi connectivity index (χ1) is 19.2. The van der Waals surface area contributed by atoms with Crippen LogP contribution in [0, 0.1) is 12.8 Å². The molecule has 1 aliphatic carbocycles. The van der Waals surface area contributed by atoms with Gasteiger partial charge in [0.25, 0.3) is 0 Å². The normalized spacial score (nSPS) is 21.1. The van der Waals surface area contributed by atoms with Crippen LogP contribution in [0.1, 0.15) is 93.1 Å².